The summed E-state index contributed by atoms with van der Waals surface area (Å²) in [6, 6.07) is 0.166. The highest BCUT2D eigenvalue weighted by Crippen LogP contribution is 1.96. The lowest BCUT2D eigenvalue weighted by molar-refractivity contribution is -0.143. The fourth-order valence-corrected chi connectivity index (χ4v) is 1.38. The van der Waals surface area contributed by atoms with E-state index in [1.165, 1.54) is 0 Å². The highest BCUT2D eigenvalue weighted by molar-refractivity contribution is 5.69. The Hall–Kier alpha value is -0.610. The molecule has 1 atom stereocenters. The SMILES string of the molecule is CCOC(=O)CC(C)NCCCOCC(C)C. The minimum Gasteiger partial charge on any atom is -0.466 e. The average molecular weight is 245 g/mol. The van der Waals surface area contributed by atoms with Crippen molar-refractivity contribution in [3.63, 3.8) is 0 Å². The van der Waals surface area contributed by atoms with Crippen molar-refractivity contribution >= 4 is 5.97 Å². The highest BCUT2D eigenvalue weighted by atomic mass is 16.5. The molecule has 0 spiro atoms. The molecule has 0 fully saturated rings. The van der Waals surface area contributed by atoms with Gasteiger partial charge in [-0.25, -0.2) is 0 Å². The Morgan fingerprint density at radius 1 is 1.29 bits per heavy atom. The van der Waals surface area contributed by atoms with Crippen LogP contribution < -0.4 is 5.32 Å². The number of carbonyl (C=O) groups is 1. The van der Waals surface area contributed by atoms with Gasteiger partial charge in [0.15, 0.2) is 0 Å². The minimum atomic E-state index is -0.136. The van der Waals surface area contributed by atoms with Gasteiger partial charge in [-0.15, -0.1) is 0 Å². The first-order valence-electron chi connectivity index (χ1n) is 6.53. The summed E-state index contributed by atoms with van der Waals surface area (Å²) in [6.07, 6.45) is 1.40. The van der Waals surface area contributed by atoms with Crippen LogP contribution in [0.25, 0.3) is 0 Å². The van der Waals surface area contributed by atoms with Gasteiger partial charge in [0.25, 0.3) is 0 Å². The zero-order valence-corrected chi connectivity index (χ0v) is 11.6. The second kappa shape index (κ2) is 10.5. The molecule has 0 aromatic carbocycles. The van der Waals surface area contributed by atoms with Crippen molar-refractivity contribution in [3.8, 4) is 0 Å². The first-order valence-corrected chi connectivity index (χ1v) is 6.53. The molecule has 0 rings (SSSR count). The van der Waals surface area contributed by atoms with Crippen LogP contribution in [0.4, 0.5) is 0 Å². The fourth-order valence-electron chi connectivity index (χ4n) is 1.38. The number of ether oxygens (including phenoxy) is 2. The molecule has 0 saturated heterocycles. The summed E-state index contributed by atoms with van der Waals surface area (Å²) in [6.45, 7) is 11.0. The number of carbonyl (C=O) groups excluding carboxylic acids is 1. The molecule has 0 radical (unpaired) electrons. The number of nitrogens with one attached hydrogen (secondary N) is 1. The van der Waals surface area contributed by atoms with Crippen molar-refractivity contribution in [1.82, 2.24) is 5.32 Å². The zero-order valence-electron chi connectivity index (χ0n) is 11.6. The Morgan fingerprint density at radius 3 is 2.59 bits per heavy atom. The van der Waals surface area contributed by atoms with Crippen molar-refractivity contribution in [2.45, 2.75) is 46.6 Å². The number of hydrogen-bond acceptors (Lipinski definition) is 4. The lowest BCUT2D eigenvalue weighted by atomic mass is 10.2. The average Bonchev–Trinajstić information content (AvgIpc) is 2.23. The van der Waals surface area contributed by atoms with Gasteiger partial charge in [-0.05, 0) is 32.7 Å². The Bertz CT molecular complexity index is 195. The largest absolute Gasteiger partial charge is 0.466 e. The van der Waals surface area contributed by atoms with Crippen molar-refractivity contribution in [3.05, 3.63) is 0 Å². The third-order valence-corrected chi connectivity index (χ3v) is 2.19. The van der Waals surface area contributed by atoms with Crippen molar-refractivity contribution < 1.29 is 14.3 Å². The van der Waals surface area contributed by atoms with Crippen LogP contribution in [0.1, 0.15) is 40.5 Å². The predicted octanol–water partition coefficient (Wildman–Crippen LogP) is 1.98. The molecule has 0 aliphatic carbocycles. The van der Waals surface area contributed by atoms with Gasteiger partial charge in [-0.1, -0.05) is 13.8 Å². The maximum Gasteiger partial charge on any atom is 0.307 e. The van der Waals surface area contributed by atoms with E-state index in [9.17, 15) is 4.79 Å². The van der Waals surface area contributed by atoms with Crippen molar-refractivity contribution in [2.24, 2.45) is 5.92 Å². The Balaban J connectivity index is 3.33. The molecule has 0 aliphatic heterocycles. The summed E-state index contributed by atoms with van der Waals surface area (Å²) in [5.74, 6) is 0.453. The maximum absolute atomic E-state index is 11.2. The summed E-state index contributed by atoms with van der Waals surface area (Å²) in [7, 11) is 0. The molecule has 0 bridgehead atoms. The molecule has 4 nitrogen and oxygen atoms in total. The zero-order chi connectivity index (χ0) is 13.1. The van der Waals surface area contributed by atoms with Crippen molar-refractivity contribution in [2.75, 3.05) is 26.4 Å². The molecule has 17 heavy (non-hydrogen) atoms. The van der Waals surface area contributed by atoms with Crippen LogP contribution in [-0.4, -0.2) is 38.4 Å². The van der Waals surface area contributed by atoms with Gasteiger partial charge in [0.1, 0.15) is 0 Å². The molecule has 0 heterocycles. The summed E-state index contributed by atoms with van der Waals surface area (Å²) in [5.41, 5.74) is 0. The van der Waals surface area contributed by atoms with Crippen LogP contribution in [0.2, 0.25) is 0 Å². The van der Waals surface area contributed by atoms with E-state index in [0.29, 0.717) is 18.9 Å². The summed E-state index contributed by atoms with van der Waals surface area (Å²) in [5, 5.41) is 3.28. The topological polar surface area (TPSA) is 47.6 Å². The molecule has 0 aromatic heterocycles. The molecule has 4 heteroatoms. The van der Waals surface area contributed by atoms with E-state index in [2.05, 4.69) is 19.2 Å². The van der Waals surface area contributed by atoms with Gasteiger partial charge < -0.3 is 14.8 Å². The quantitative estimate of drug-likeness (QED) is 0.472. The second-order valence-electron chi connectivity index (χ2n) is 4.69. The predicted molar refractivity (Wildman–Crippen MR) is 69.0 cm³/mol. The smallest absolute Gasteiger partial charge is 0.307 e. The van der Waals surface area contributed by atoms with E-state index in [4.69, 9.17) is 9.47 Å². The standard InChI is InChI=1S/C13H27NO3/c1-5-17-13(15)9-12(4)14-7-6-8-16-10-11(2)3/h11-12,14H,5-10H2,1-4H3. The molecule has 0 aliphatic rings. The third-order valence-electron chi connectivity index (χ3n) is 2.19. The van der Waals surface area contributed by atoms with Crippen LogP contribution in [0, 0.1) is 5.92 Å². The van der Waals surface area contributed by atoms with Crippen molar-refractivity contribution in [1.29, 1.82) is 0 Å². The van der Waals surface area contributed by atoms with Crippen LogP contribution in [0.15, 0.2) is 0 Å². The van der Waals surface area contributed by atoms with E-state index in [-0.39, 0.29) is 12.0 Å². The summed E-state index contributed by atoms with van der Waals surface area (Å²) < 4.78 is 10.3. The molecule has 1 unspecified atom stereocenters. The van der Waals surface area contributed by atoms with Crippen LogP contribution in [-0.2, 0) is 14.3 Å². The van der Waals surface area contributed by atoms with Crippen LogP contribution >= 0.6 is 0 Å². The van der Waals surface area contributed by atoms with Gasteiger partial charge in [0.05, 0.1) is 13.0 Å². The molecular formula is C13H27NO3. The molecule has 102 valence electrons. The monoisotopic (exact) mass is 245 g/mol. The fraction of sp³-hybridized carbons (Fsp3) is 0.923. The van der Waals surface area contributed by atoms with Gasteiger partial charge in [-0.3, -0.25) is 4.79 Å². The minimum absolute atomic E-state index is 0.136. The first kappa shape index (κ1) is 16.4. The summed E-state index contributed by atoms with van der Waals surface area (Å²) >= 11 is 0. The number of esters is 1. The van der Waals surface area contributed by atoms with E-state index in [1.54, 1.807) is 0 Å². The Kier molecular flexibility index (Phi) is 10.2. The molecular weight excluding hydrogens is 218 g/mol. The van der Waals surface area contributed by atoms with E-state index in [0.717, 1.165) is 26.2 Å². The van der Waals surface area contributed by atoms with E-state index in [1.807, 2.05) is 13.8 Å². The van der Waals surface area contributed by atoms with Gasteiger partial charge in [0.2, 0.25) is 0 Å². The van der Waals surface area contributed by atoms with E-state index < -0.39 is 0 Å². The van der Waals surface area contributed by atoms with Gasteiger partial charge in [-0.2, -0.15) is 0 Å². The normalized spacial score (nSPS) is 12.8. The second-order valence-corrected chi connectivity index (χ2v) is 4.69. The molecule has 0 aromatic rings. The lowest BCUT2D eigenvalue weighted by Gasteiger charge is -2.13. The molecule has 0 amide bonds. The van der Waals surface area contributed by atoms with Gasteiger partial charge in [0, 0.05) is 19.3 Å². The summed E-state index contributed by atoms with van der Waals surface area (Å²) in [4.78, 5) is 11.2. The van der Waals surface area contributed by atoms with Crippen LogP contribution in [0.5, 0.6) is 0 Å². The van der Waals surface area contributed by atoms with Gasteiger partial charge >= 0.3 is 5.97 Å². The molecule has 1 N–H and O–H groups in total. The lowest BCUT2D eigenvalue weighted by Crippen LogP contribution is -2.30. The third kappa shape index (κ3) is 11.6. The Labute approximate surface area is 105 Å². The Morgan fingerprint density at radius 2 is 2.00 bits per heavy atom. The highest BCUT2D eigenvalue weighted by Gasteiger charge is 2.08. The maximum atomic E-state index is 11.2. The van der Waals surface area contributed by atoms with Crippen LogP contribution in [0.3, 0.4) is 0 Å². The molecule has 0 saturated carbocycles. The number of rotatable bonds is 10. The van der Waals surface area contributed by atoms with E-state index >= 15 is 0 Å². The first-order chi connectivity index (χ1) is 8.06. The number of hydrogen-bond donors (Lipinski definition) is 1.